The van der Waals surface area contributed by atoms with Crippen molar-refractivity contribution in [2.75, 3.05) is 13.1 Å². The summed E-state index contributed by atoms with van der Waals surface area (Å²) >= 11 is 0. The molecule has 0 radical (unpaired) electrons. The van der Waals surface area contributed by atoms with Gasteiger partial charge in [0.15, 0.2) is 0 Å². The smallest absolute Gasteiger partial charge is 0.239 e. The number of carbonyl (C=O) groups is 2. The fourth-order valence-corrected chi connectivity index (χ4v) is 3.71. The van der Waals surface area contributed by atoms with Crippen molar-refractivity contribution in [2.24, 2.45) is 0 Å². The molecule has 2 N–H and O–H groups in total. The van der Waals surface area contributed by atoms with Crippen molar-refractivity contribution in [1.29, 1.82) is 0 Å². The molecule has 3 aromatic carbocycles. The zero-order chi connectivity index (χ0) is 20.3. The first kappa shape index (κ1) is 19.1. The van der Waals surface area contributed by atoms with E-state index in [0.29, 0.717) is 6.54 Å². The van der Waals surface area contributed by atoms with Crippen molar-refractivity contribution in [2.45, 2.75) is 24.7 Å². The van der Waals surface area contributed by atoms with Crippen LogP contribution in [0.5, 0.6) is 0 Å². The largest absolute Gasteiger partial charge is 0.354 e. The van der Waals surface area contributed by atoms with E-state index in [1.807, 2.05) is 42.5 Å². The van der Waals surface area contributed by atoms with E-state index < -0.39 is 0 Å². The number of carbonyl (C=O) groups excluding carboxylic acids is 2. The number of nitrogens with one attached hydrogen (secondary N) is 2. The predicted molar refractivity (Wildman–Crippen MR) is 111 cm³/mol. The topological polar surface area (TPSA) is 58.2 Å². The fraction of sp³-hybridized carbons (Fsp3) is 0.250. The summed E-state index contributed by atoms with van der Waals surface area (Å²) in [5.74, 6) is -0.664. The number of benzene rings is 3. The molecule has 0 spiro atoms. The van der Waals surface area contributed by atoms with Crippen molar-refractivity contribution < 1.29 is 14.0 Å². The van der Waals surface area contributed by atoms with Crippen molar-refractivity contribution in [1.82, 2.24) is 10.6 Å². The maximum absolute atomic E-state index is 13.1. The zero-order valence-corrected chi connectivity index (χ0v) is 16.1. The van der Waals surface area contributed by atoms with E-state index in [9.17, 15) is 14.0 Å². The molecule has 2 amide bonds. The Balaban J connectivity index is 1.27. The second kappa shape index (κ2) is 8.03. The molecule has 148 valence electrons. The monoisotopic (exact) mass is 390 g/mol. The number of hydrogen-bond donors (Lipinski definition) is 2. The number of rotatable bonds is 7. The average molecular weight is 390 g/mol. The molecular weight excluding hydrogens is 367 g/mol. The molecule has 1 fully saturated rings. The average Bonchev–Trinajstić information content (AvgIpc) is 3.53. The Morgan fingerprint density at radius 3 is 2.34 bits per heavy atom. The predicted octanol–water partition coefficient (Wildman–Crippen LogP) is 3.49. The van der Waals surface area contributed by atoms with E-state index in [2.05, 4.69) is 10.6 Å². The number of hydrogen-bond acceptors (Lipinski definition) is 2. The molecule has 4 nitrogen and oxygen atoms in total. The van der Waals surface area contributed by atoms with Crippen LogP contribution in [0.4, 0.5) is 4.39 Å². The first-order chi connectivity index (χ1) is 14.1. The lowest BCUT2D eigenvalue weighted by atomic mass is 9.96. The third-order valence-corrected chi connectivity index (χ3v) is 5.61. The number of halogens is 1. The molecule has 0 aliphatic heterocycles. The molecule has 0 heterocycles. The summed E-state index contributed by atoms with van der Waals surface area (Å²) in [6.07, 6.45) is 2.16. The van der Waals surface area contributed by atoms with Gasteiger partial charge in [-0.2, -0.15) is 0 Å². The quantitative estimate of drug-likeness (QED) is 0.649. The third kappa shape index (κ3) is 4.45. The molecule has 3 aromatic rings. The maximum Gasteiger partial charge on any atom is 0.239 e. The Morgan fingerprint density at radius 1 is 0.862 bits per heavy atom. The van der Waals surface area contributed by atoms with Crippen LogP contribution in [-0.4, -0.2) is 24.9 Å². The van der Waals surface area contributed by atoms with Crippen LogP contribution in [0.3, 0.4) is 0 Å². The van der Waals surface area contributed by atoms with Crippen LogP contribution >= 0.6 is 0 Å². The van der Waals surface area contributed by atoms with Gasteiger partial charge in [0.2, 0.25) is 11.8 Å². The highest BCUT2D eigenvalue weighted by Gasteiger charge is 2.44. The molecule has 29 heavy (non-hydrogen) atoms. The van der Waals surface area contributed by atoms with Crippen LogP contribution in [0.2, 0.25) is 0 Å². The summed E-state index contributed by atoms with van der Waals surface area (Å²) in [7, 11) is 0. The van der Waals surface area contributed by atoms with Gasteiger partial charge in [0.25, 0.3) is 0 Å². The molecule has 0 atom stereocenters. The van der Waals surface area contributed by atoms with Crippen molar-refractivity contribution >= 4 is 22.6 Å². The van der Waals surface area contributed by atoms with Crippen LogP contribution in [0.25, 0.3) is 10.8 Å². The van der Waals surface area contributed by atoms with Crippen LogP contribution in [0.15, 0.2) is 66.7 Å². The summed E-state index contributed by atoms with van der Waals surface area (Å²) in [6, 6.07) is 20.3. The fourth-order valence-electron chi connectivity index (χ4n) is 3.71. The van der Waals surface area contributed by atoms with E-state index in [4.69, 9.17) is 0 Å². The summed E-state index contributed by atoms with van der Waals surface area (Å²) in [4.78, 5) is 24.5. The summed E-state index contributed by atoms with van der Waals surface area (Å²) in [5.41, 5.74) is 1.88. The van der Waals surface area contributed by atoms with Gasteiger partial charge in [-0.05, 0) is 46.9 Å². The van der Waals surface area contributed by atoms with Gasteiger partial charge in [-0.3, -0.25) is 9.59 Å². The van der Waals surface area contributed by atoms with Crippen molar-refractivity contribution in [3.05, 3.63) is 83.7 Å². The Hall–Kier alpha value is -3.21. The second-order valence-electron chi connectivity index (χ2n) is 7.66. The lowest BCUT2D eigenvalue weighted by Gasteiger charge is -2.17. The van der Waals surface area contributed by atoms with E-state index in [0.717, 1.165) is 34.7 Å². The van der Waals surface area contributed by atoms with E-state index in [1.54, 1.807) is 12.1 Å². The van der Waals surface area contributed by atoms with Crippen LogP contribution in [0.1, 0.15) is 24.0 Å². The number of fused-ring (bicyclic) bond motifs is 1. The van der Waals surface area contributed by atoms with Gasteiger partial charge in [0, 0.05) is 12.0 Å². The molecular formula is C24H23FN2O2. The van der Waals surface area contributed by atoms with Gasteiger partial charge in [-0.1, -0.05) is 54.6 Å². The van der Waals surface area contributed by atoms with E-state index in [1.165, 1.54) is 12.1 Å². The van der Waals surface area contributed by atoms with E-state index in [-0.39, 0.29) is 36.0 Å². The summed E-state index contributed by atoms with van der Waals surface area (Å²) in [6.45, 7) is 0.444. The molecule has 5 heteroatoms. The lowest BCUT2D eigenvalue weighted by Crippen LogP contribution is -2.40. The number of amides is 2. The van der Waals surface area contributed by atoms with Gasteiger partial charge in [-0.25, -0.2) is 4.39 Å². The molecule has 1 aliphatic carbocycles. The minimum Gasteiger partial charge on any atom is -0.354 e. The van der Waals surface area contributed by atoms with Crippen molar-refractivity contribution in [3.63, 3.8) is 0 Å². The Labute approximate surface area is 169 Å². The Morgan fingerprint density at radius 2 is 1.59 bits per heavy atom. The van der Waals surface area contributed by atoms with Crippen LogP contribution in [0, 0.1) is 5.82 Å². The second-order valence-corrected chi connectivity index (χ2v) is 7.66. The molecule has 4 rings (SSSR count). The maximum atomic E-state index is 13.1. The zero-order valence-electron chi connectivity index (χ0n) is 16.1. The Kier molecular flexibility index (Phi) is 5.30. The summed E-state index contributed by atoms with van der Waals surface area (Å²) in [5, 5.41) is 7.73. The van der Waals surface area contributed by atoms with E-state index >= 15 is 0 Å². The van der Waals surface area contributed by atoms with Gasteiger partial charge in [0.05, 0.1) is 13.0 Å². The van der Waals surface area contributed by atoms with Gasteiger partial charge >= 0.3 is 0 Å². The van der Waals surface area contributed by atoms with Crippen LogP contribution in [-0.2, 0) is 21.4 Å². The standard InChI is InChI=1S/C24H23FN2O2/c25-20-10-8-19(9-11-20)24(12-13-24)16-27-23(29)15-26-22(28)14-18-6-3-5-17-4-1-2-7-21(17)18/h1-11H,12-16H2,(H,26,28)(H,27,29). The van der Waals surface area contributed by atoms with Gasteiger partial charge in [0.1, 0.15) is 5.82 Å². The highest BCUT2D eigenvalue weighted by atomic mass is 19.1. The molecule has 0 saturated heterocycles. The van der Waals surface area contributed by atoms with Crippen molar-refractivity contribution in [3.8, 4) is 0 Å². The third-order valence-electron chi connectivity index (χ3n) is 5.61. The molecule has 1 saturated carbocycles. The van der Waals surface area contributed by atoms with Gasteiger partial charge < -0.3 is 10.6 Å². The normalized spacial score (nSPS) is 14.4. The molecule has 0 bridgehead atoms. The molecule has 0 aromatic heterocycles. The van der Waals surface area contributed by atoms with Crippen LogP contribution < -0.4 is 10.6 Å². The molecule has 0 unspecified atom stereocenters. The minimum atomic E-state index is -0.262. The highest BCUT2D eigenvalue weighted by molar-refractivity contribution is 5.91. The highest BCUT2D eigenvalue weighted by Crippen LogP contribution is 2.47. The summed E-state index contributed by atoms with van der Waals surface area (Å²) < 4.78 is 13.1. The minimum absolute atomic E-state index is 0.0525. The SMILES string of the molecule is O=C(CNC(=O)Cc1cccc2ccccc12)NCC1(c2ccc(F)cc2)CC1. The first-order valence-electron chi connectivity index (χ1n) is 9.82. The molecule has 1 aliphatic rings. The first-order valence-corrected chi connectivity index (χ1v) is 9.82. The Bertz CT molecular complexity index is 1040. The lowest BCUT2D eigenvalue weighted by molar-refractivity contribution is -0.125. The van der Waals surface area contributed by atoms with Gasteiger partial charge in [-0.15, -0.1) is 0 Å².